The molecule has 1 rings (SSSR count). The zero-order valence-corrected chi connectivity index (χ0v) is 18.5. The van der Waals surface area contributed by atoms with Crippen LogP contribution in [0.5, 0.6) is 5.75 Å². The third-order valence-corrected chi connectivity index (χ3v) is 5.49. The highest BCUT2D eigenvalue weighted by Crippen LogP contribution is 2.20. The van der Waals surface area contributed by atoms with Crippen molar-refractivity contribution in [1.29, 1.82) is 0 Å². The molecule has 0 heterocycles. The zero-order chi connectivity index (χ0) is 21.2. The minimum atomic E-state index is -0.666. The molecule has 0 bridgehead atoms. The van der Waals surface area contributed by atoms with Gasteiger partial charge in [0.1, 0.15) is 5.75 Å². The second-order valence-electron chi connectivity index (χ2n) is 8.35. The number of unbranched alkanes of at least 4 members (excludes halogenated alkanes) is 14. The van der Waals surface area contributed by atoms with Crippen LogP contribution in [0.15, 0.2) is 24.3 Å². The third-order valence-electron chi connectivity index (χ3n) is 5.49. The number of benzene rings is 1. The largest absolute Gasteiger partial charge is 0.507 e. The lowest BCUT2D eigenvalue weighted by Gasteiger charge is -2.03. The van der Waals surface area contributed by atoms with E-state index in [0.717, 1.165) is 24.8 Å². The van der Waals surface area contributed by atoms with Crippen LogP contribution < -0.4 is 0 Å². The molecule has 1 aromatic carbocycles. The first kappa shape index (κ1) is 25.3. The lowest BCUT2D eigenvalue weighted by Crippen LogP contribution is -1.93. The van der Waals surface area contributed by atoms with Crippen LogP contribution in [0.2, 0.25) is 0 Å². The molecule has 0 aliphatic rings. The molecule has 29 heavy (non-hydrogen) atoms. The van der Waals surface area contributed by atoms with E-state index in [1.807, 2.05) is 25.1 Å². The van der Waals surface area contributed by atoms with E-state index in [-0.39, 0.29) is 0 Å². The van der Waals surface area contributed by atoms with Gasteiger partial charge in [-0.25, -0.2) is 0 Å². The van der Waals surface area contributed by atoms with Gasteiger partial charge in [0, 0.05) is 12.0 Å². The highest BCUT2D eigenvalue weighted by atomic mass is 16.4. The van der Waals surface area contributed by atoms with E-state index in [2.05, 4.69) is 6.08 Å². The Kier molecular flexibility index (Phi) is 14.9. The lowest BCUT2D eigenvalue weighted by molar-refractivity contribution is -0.137. The highest BCUT2D eigenvalue weighted by molar-refractivity contribution is 5.66. The van der Waals surface area contributed by atoms with Gasteiger partial charge in [-0.05, 0) is 38.3 Å². The Morgan fingerprint density at radius 3 is 1.79 bits per heavy atom. The van der Waals surface area contributed by atoms with E-state index in [9.17, 15) is 9.90 Å². The van der Waals surface area contributed by atoms with Gasteiger partial charge in [0.05, 0.1) is 0 Å². The van der Waals surface area contributed by atoms with Crippen molar-refractivity contribution in [1.82, 2.24) is 0 Å². The Morgan fingerprint density at radius 1 is 0.793 bits per heavy atom. The number of aliphatic carboxylic acids is 1. The van der Waals surface area contributed by atoms with Gasteiger partial charge in [-0.3, -0.25) is 4.79 Å². The number of carboxylic acids is 1. The molecule has 0 aliphatic carbocycles. The van der Waals surface area contributed by atoms with E-state index in [1.54, 1.807) is 6.07 Å². The quantitative estimate of drug-likeness (QED) is 0.244. The minimum Gasteiger partial charge on any atom is -0.507 e. The van der Waals surface area contributed by atoms with Gasteiger partial charge in [0.15, 0.2) is 0 Å². The van der Waals surface area contributed by atoms with Crippen molar-refractivity contribution in [3.05, 3.63) is 35.4 Å². The summed E-state index contributed by atoms with van der Waals surface area (Å²) in [5.41, 5.74) is 2.10. The van der Waals surface area contributed by atoms with Crippen molar-refractivity contribution in [3.63, 3.8) is 0 Å². The third kappa shape index (κ3) is 14.8. The number of carbonyl (C=O) groups is 1. The zero-order valence-electron chi connectivity index (χ0n) is 18.5. The number of phenolic OH excluding ortho intramolecular Hbond substituents is 1. The van der Waals surface area contributed by atoms with Crippen molar-refractivity contribution in [2.24, 2.45) is 0 Å². The maximum absolute atomic E-state index is 10.4. The predicted molar refractivity (Wildman–Crippen MR) is 123 cm³/mol. The summed E-state index contributed by atoms with van der Waals surface area (Å²) in [4.78, 5) is 10.4. The molecule has 0 saturated carbocycles. The second kappa shape index (κ2) is 17.1. The molecule has 2 N–H and O–H groups in total. The second-order valence-corrected chi connectivity index (χ2v) is 8.35. The Morgan fingerprint density at radius 2 is 1.28 bits per heavy atom. The molecule has 0 spiro atoms. The van der Waals surface area contributed by atoms with Gasteiger partial charge in [0.25, 0.3) is 0 Å². The molecule has 0 atom stereocenters. The van der Waals surface area contributed by atoms with Gasteiger partial charge < -0.3 is 10.2 Å². The number of hydrogen-bond donors (Lipinski definition) is 2. The SMILES string of the molecule is Cc1ccc(O)c(/C=C/CCCCCCCCCCCCCCCCC(=O)O)c1. The van der Waals surface area contributed by atoms with Crippen molar-refractivity contribution < 1.29 is 15.0 Å². The molecule has 1 aromatic rings. The summed E-state index contributed by atoms with van der Waals surface area (Å²) in [6, 6.07) is 5.72. The molecule has 0 amide bonds. The monoisotopic (exact) mass is 402 g/mol. The Balaban J connectivity index is 1.82. The summed E-state index contributed by atoms with van der Waals surface area (Å²) in [6.07, 6.45) is 23.3. The van der Waals surface area contributed by atoms with Crippen molar-refractivity contribution in [2.45, 2.75) is 110 Å². The molecule has 0 fully saturated rings. The highest BCUT2D eigenvalue weighted by Gasteiger charge is 1.98. The fourth-order valence-electron chi connectivity index (χ4n) is 3.68. The van der Waals surface area contributed by atoms with E-state index in [4.69, 9.17) is 5.11 Å². The number of rotatable bonds is 18. The molecule has 3 nitrogen and oxygen atoms in total. The van der Waals surface area contributed by atoms with Crippen LogP contribution in [-0.2, 0) is 4.79 Å². The molecule has 0 saturated heterocycles. The van der Waals surface area contributed by atoms with E-state index >= 15 is 0 Å². The Bertz CT molecular complexity index is 577. The number of aromatic hydroxyl groups is 1. The van der Waals surface area contributed by atoms with Crippen molar-refractivity contribution in [3.8, 4) is 5.75 Å². The molecule has 0 radical (unpaired) electrons. The van der Waals surface area contributed by atoms with E-state index in [1.165, 1.54) is 82.6 Å². The Labute approximate surface area is 178 Å². The fraction of sp³-hybridized carbons (Fsp3) is 0.654. The van der Waals surface area contributed by atoms with Crippen LogP contribution in [0.1, 0.15) is 114 Å². The maximum Gasteiger partial charge on any atom is 0.303 e. The number of hydrogen-bond acceptors (Lipinski definition) is 2. The van der Waals surface area contributed by atoms with Crippen LogP contribution in [0.25, 0.3) is 6.08 Å². The first-order valence-corrected chi connectivity index (χ1v) is 11.8. The molecular weight excluding hydrogens is 360 g/mol. The number of carboxylic acid groups (broad SMARTS) is 1. The van der Waals surface area contributed by atoms with Crippen LogP contribution in [-0.4, -0.2) is 16.2 Å². The summed E-state index contributed by atoms with van der Waals surface area (Å²) in [5.74, 6) is -0.302. The number of phenols is 1. The van der Waals surface area contributed by atoms with Crippen LogP contribution in [0.3, 0.4) is 0 Å². The average Bonchev–Trinajstić information content (AvgIpc) is 2.69. The summed E-state index contributed by atoms with van der Waals surface area (Å²) in [6.45, 7) is 2.05. The first-order chi connectivity index (χ1) is 14.1. The lowest BCUT2D eigenvalue weighted by atomic mass is 10.0. The van der Waals surface area contributed by atoms with Gasteiger partial charge in [-0.2, -0.15) is 0 Å². The molecule has 3 heteroatoms. The molecule has 0 aliphatic heterocycles. The average molecular weight is 403 g/mol. The van der Waals surface area contributed by atoms with Crippen LogP contribution in [0.4, 0.5) is 0 Å². The first-order valence-electron chi connectivity index (χ1n) is 11.8. The fourth-order valence-corrected chi connectivity index (χ4v) is 3.68. The number of allylic oxidation sites excluding steroid dienone is 1. The van der Waals surface area contributed by atoms with E-state index < -0.39 is 5.97 Å². The van der Waals surface area contributed by atoms with Crippen molar-refractivity contribution >= 4 is 12.0 Å². The summed E-state index contributed by atoms with van der Waals surface area (Å²) >= 11 is 0. The molecular formula is C26H42O3. The smallest absolute Gasteiger partial charge is 0.303 e. The molecule has 0 aromatic heterocycles. The van der Waals surface area contributed by atoms with Crippen LogP contribution in [0, 0.1) is 6.92 Å². The maximum atomic E-state index is 10.4. The van der Waals surface area contributed by atoms with Crippen LogP contribution >= 0.6 is 0 Å². The molecule has 0 unspecified atom stereocenters. The topological polar surface area (TPSA) is 57.5 Å². The Hall–Kier alpha value is -1.77. The molecule has 164 valence electrons. The standard InChI is InChI=1S/C26H42O3/c1-23-20-21-25(27)24(22-23)18-16-14-12-10-8-6-4-2-3-5-7-9-11-13-15-17-19-26(28)29/h16,18,20-22,27H,2-15,17,19H2,1H3,(H,28,29)/b18-16+. The summed E-state index contributed by atoms with van der Waals surface area (Å²) in [5, 5.41) is 18.4. The van der Waals surface area contributed by atoms with Crippen molar-refractivity contribution in [2.75, 3.05) is 0 Å². The normalized spacial score (nSPS) is 11.3. The van der Waals surface area contributed by atoms with Gasteiger partial charge in [-0.1, -0.05) is 101 Å². The summed E-state index contributed by atoms with van der Waals surface area (Å²) in [7, 11) is 0. The van der Waals surface area contributed by atoms with Gasteiger partial charge in [0.2, 0.25) is 0 Å². The number of aryl methyl sites for hydroxylation is 1. The summed E-state index contributed by atoms with van der Waals surface area (Å²) < 4.78 is 0. The predicted octanol–water partition coefficient (Wildman–Crippen LogP) is 8.04. The minimum absolute atomic E-state index is 0.328. The van der Waals surface area contributed by atoms with Gasteiger partial charge >= 0.3 is 5.97 Å². The van der Waals surface area contributed by atoms with E-state index in [0.29, 0.717) is 12.2 Å². The van der Waals surface area contributed by atoms with Gasteiger partial charge in [-0.15, -0.1) is 0 Å².